The zero-order chi connectivity index (χ0) is 10.5. The Kier molecular flexibility index (Phi) is 4.79. The maximum atomic E-state index is 5.62. The van der Waals surface area contributed by atoms with Gasteiger partial charge >= 0.3 is 0 Å². The number of thioether (sulfide) groups is 1. The van der Waals surface area contributed by atoms with E-state index in [1.165, 1.54) is 37.9 Å². The maximum Gasteiger partial charge on any atom is 0.0700 e. The van der Waals surface area contributed by atoms with E-state index in [0.717, 1.165) is 24.4 Å². The first kappa shape index (κ1) is 11.7. The van der Waals surface area contributed by atoms with Crippen LogP contribution in [0.3, 0.4) is 0 Å². The third-order valence-corrected chi connectivity index (χ3v) is 4.68. The summed E-state index contributed by atoms with van der Waals surface area (Å²) < 4.78 is 5.62. The minimum absolute atomic E-state index is 0.503. The fourth-order valence-corrected chi connectivity index (χ4v) is 3.76. The van der Waals surface area contributed by atoms with Crippen molar-refractivity contribution in [3.8, 4) is 0 Å². The van der Waals surface area contributed by atoms with Gasteiger partial charge in [0, 0.05) is 24.4 Å². The number of hydrogen-bond acceptors (Lipinski definition) is 3. The molecule has 0 bridgehead atoms. The van der Waals surface area contributed by atoms with Crippen molar-refractivity contribution in [2.45, 2.75) is 56.4 Å². The second-order valence-corrected chi connectivity index (χ2v) is 6.21. The Morgan fingerprint density at radius 3 is 3.00 bits per heavy atom. The summed E-state index contributed by atoms with van der Waals surface area (Å²) in [4.78, 5) is 0. The van der Waals surface area contributed by atoms with Crippen molar-refractivity contribution in [1.29, 1.82) is 0 Å². The first-order valence-corrected chi connectivity index (χ1v) is 7.40. The lowest BCUT2D eigenvalue weighted by atomic mass is 10.2. The van der Waals surface area contributed by atoms with Gasteiger partial charge in [-0.15, -0.1) is 0 Å². The zero-order valence-corrected chi connectivity index (χ0v) is 10.5. The van der Waals surface area contributed by atoms with Crippen molar-refractivity contribution >= 4 is 11.8 Å². The largest absolute Gasteiger partial charge is 0.377 e. The lowest BCUT2D eigenvalue weighted by molar-refractivity contribution is 0.107. The van der Waals surface area contributed by atoms with Gasteiger partial charge < -0.3 is 10.1 Å². The SMILES string of the molecule is CCSC1CCC(NCC2CCCO2)C1. The second kappa shape index (κ2) is 6.12. The summed E-state index contributed by atoms with van der Waals surface area (Å²) >= 11 is 2.13. The summed E-state index contributed by atoms with van der Waals surface area (Å²) in [5.41, 5.74) is 0. The summed E-state index contributed by atoms with van der Waals surface area (Å²) in [6.45, 7) is 4.32. The fraction of sp³-hybridized carbons (Fsp3) is 1.00. The molecule has 2 fully saturated rings. The van der Waals surface area contributed by atoms with Gasteiger partial charge in [-0.3, -0.25) is 0 Å². The van der Waals surface area contributed by atoms with Crippen LogP contribution in [0.25, 0.3) is 0 Å². The van der Waals surface area contributed by atoms with Crippen molar-refractivity contribution in [3.05, 3.63) is 0 Å². The van der Waals surface area contributed by atoms with Crippen molar-refractivity contribution in [1.82, 2.24) is 5.32 Å². The third kappa shape index (κ3) is 3.65. The van der Waals surface area contributed by atoms with Gasteiger partial charge in [0.2, 0.25) is 0 Å². The minimum Gasteiger partial charge on any atom is -0.377 e. The molecule has 2 rings (SSSR count). The van der Waals surface area contributed by atoms with Crippen LogP contribution in [0, 0.1) is 0 Å². The molecule has 0 aromatic rings. The third-order valence-electron chi connectivity index (χ3n) is 3.45. The summed E-state index contributed by atoms with van der Waals surface area (Å²) in [5, 5.41) is 4.59. The Labute approximate surface area is 97.5 Å². The van der Waals surface area contributed by atoms with Crippen molar-refractivity contribution in [3.63, 3.8) is 0 Å². The van der Waals surface area contributed by atoms with E-state index in [4.69, 9.17) is 4.74 Å². The molecule has 1 N–H and O–H groups in total. The van der Waals surface area contributed by atoms with Crippen LogP contribution in [-0.2, 0) is 4.74 Å². The molecule has 0 spiro atoms. The molecule has 3 heteroatoms. The Morgan fingerprint density at radius 2 is 2.27 bits per heavy atom. The lowest BCUT2D eigenvalue weighted by Gasteiger charge is -2.16. The normalized spacial score (nSPS) is 36.2. The van der Waals surface area contributed by atoms with E-state index in [0.29, 0.717) is 6.10 Å². The van der Waals surface area contributed by atoms with E-state index in [2.05, 4.69) is 24.0 Å². The van der Waals surface area contributed by atoms with Crippen LogP contribution in [0.4, 0.5) is 0 Å². The predicted molar refractivity (Wildman–Crippen MR) is 66.5 cm³/mol. The van der Waals surface area contributed by atoms with Crippen LogP contribution < -0.4 is 5.32 Å². The molecule has 3 unspecified atom stereocenters. The lowest BCUT2D eigenvalue weighted by Crippen LogP contribution is -2.33. The van der Waals surface area contributed by atoms with Gasteiger partial charge in [-0.25, -0.2) is 0 Å². The Hall–Kier alpha value is 0.270. The molecule has 3 atom stereocenters. The summed E-state index contributed by atoms with van der Waals surface area (Å²) in [6.07, 6.45) is 7.15. The van der Waals surface area contributed by atoms with Gasteiger partial charge in [-0.2, -0.15) is 11.8 Å². The van der Waals surface area contributed by atoms with E-state index >= 15 is 0 Å². The number of hydrogen-bond donors (Lipinski definition) is 1. The number of rotatable bonds is 5. The van der Waals surface area contributed by atoms with Crippen molar-refractivity contribution < 1.29 is 4.74 Å². The van der Waals surface area contributed by atoms with E-state index in [-0.39, 0.29) is 0 Å². The highest BCUT2D eigenvalue weighted by molar-refractivity contribution is 7.99. The molecule has 15 heavy (non-hydrogen) atoms. The molecule has 1 aliphatic carbocycles. The highest BCUT2D eigenvalue weighted by Gasteiger charge is 2.25. The van der Waals surface area contributed by atoms with E-state index < -0.39 is 0 Å². The van der Waals surface area contributed by atoms with Gasteiger partial charge in [0.25, 0.3) is 0 Å². The smallest absolute Gasteiger partial charge is 0.0700 e. The molecular formula is C12H23NOS. The average molecular weight is 229 g/mol. The first-order chi connectivity index (χ1) is 7.38. The van der Waals surface area contributed by atoms with Gasteiger partial charge in [0.1, 0.15) is 0 Å². The predicted octanol–water partition coefficient (Wildman–Crippen LogP) is 2.43. The molecule has 0 aromatic heterocycles. The standard InChI is InChI=1S/C12H23NOS/c1-2-15-12-6-5-10(8-12)13-9-11-4-3-7-14-11/h10-13H,2-9H2,1H3. The van der Waals surface area contributed by atoms with Crippen LogP contribution in [0.1, 0.15) is 39.0 Å². The summed E-state index contributed by atoms with van der Waals surface area (Å²) in [7, 11) is 0. The number of ether oxygens (including phenoxy) is 1. The zero-order valence-electron chi connectivity index (χ0n) is 9.71. The molecule has 1 saturated carbocycles. The van der Waals surface area contributed by atoms with Gasteiger partial charge in [-0.05, 0) is 37.9 Å². The topological polar surface area (TPSA) is 21.3 Å². The monoisotopic (exact) mass is 229 g/mol. The second-order valence-electron chi connectivity index (χ2n) is 4.63. The molecule has 1 heterocycles. The number of nitrogens with one attached hydrogen (secondary N) is 1. The summed E-state index contributed by atoms with van der Waals surface area (Å²) in [6, 6.07) is 0.762. The molecular weight excluding hydrogens is 206 g/mol. The summed E-state index contributed by atoms with van der Waals surface area (Å²) in [5.74, 6) is 1.27. The van der Waals surface area contributed by atoms with E-state index in [1.54, 1.807) is 0 Å². The Balaban J connectivity index is 1.59. The Morgan fingerprint density at radius 1 is 1.33 bits per heavy atom. The highest BCUT2D eigenvalue weighted by Crippen LogP contribution is 2.29. The van der Waals surface area contributed by atoms with Gasteiger partial charge in [0.15, 0.2) is 0 Å². The average Bonchev–Trinajstić information content (AvgIpc) is 2.85. The van der Waals surface area contributed by atoms with Crippen LogP contribution in [0.2, 0.25) is 0 Å². The fourth-order valence-electron chi connectivity index (χ4n) is 2.62. The molecule has 2 aliphatic rings. The quantitative estimate of drug-likeness (QED) is 0.782. The van der Waals surface area contributed by atoms with Crippen LogP contribution in [0.15, 0.2) is 0 Å². The molecule has 1 saturated heterocycles. The van der Waals surface area contributed by atoms with Crippen molar-refractivity contribution in [2.75, 3.05) is 18.9 Å². The minimum atomic E-state index is 0.503. The van der Waals surface area contributed by atoms with Crippen molar-refractivity contribution in [2.24, 2.45) is 0 Å². The Bertz CT molecular complexity index is 182. The molecule has 2 nitrogen and oxygen atoms in total. The van der Waals surface area contributed by atoms with E-state index in [9.17, 15) is 0 Å². The van der Waals surface area contributed by atoms with Crippen LogP contribution in [-0.4, -0.2) is 36.3 Å². The van der Waals surface area contributed by atoms with Crippen LogP contribution in [0.5, 0.6) is 0 Å². The molecule has 88 valence electrons. The molecule has 0 radical (unpaired) electrons. The van der Waals surface area contributed by atoms with Gasteiger partial charge in [-0.1, -0.05) is 6.92 Å². The van der Waals surface area contributed by atoms with E-state index in [1.807, 2.05) is 0 Å². The molecule has 1 aliphatic heterocycles. The molecule has 0 aromatic carbocycles. The molecule has 0 amide bonds. The van der Waals surface area contributed by atoms with Crippen LogP contribution >= 0.6 is 11.8 Å². The maximum absolute atomic E-state index is 5.62. The van der Waals surface area contributed by atoms with Gasteiger partial charge in [0.05, 0.1) is 6.10 Å². The first-order valence-electron chi connectivity index (χ1n) is 6.35. The highest BCUT2D eigenvalue weighted by atomic mass is 32.2.